The Labute approximate surface area is 71.0 Å². The molecule has 0 amide bonds. The Bertz CT molecular complexity index is 305. The molecule has 0 aromatic carbocycles. The van der Waals surface area contributed by atoms with E-state index in [0.717, 1.165) is 19.3 Å². The molecule has 66 valence electrons. The molecule has 0 aliphatic heterocycles. The van der Waals surface area contributed by atoms with Gasteiger partial charge in [-0.2, -0.15) is 0 Å². The summed E-state index contributed by atoms with van der Waals surface area (Å²) in [5, 5.41) is 7.61. The summed E-state index contributed by atoms with van der Waals surface area (Å²) in [5.74, 6) is 0.687. The van der Waals surface area contributed by atoms with Gasteiger partial charge in [-0.15, -0.1) is 10.2 Å². The van der Waals surface area contributed by atoms with Crippen molar-refractivity contribution in [3.05, 3.63) is 21.9 Å². The van der Waals surface area contributed by atoms with E-state index in [2.05, 4.69) is 22.1 Å². The molecule has 0 saturated heterocycles. The maximum Gasteiger partial charge on any atom is 0.272 e. The lowest BCUT2D eigenvalue weighted by Gasteiger charge is -1.96. The summed E-state index contributed by atoms with van der Waals surface area (Å²) in [5.41, 5.74) is 0.298. The van der Waals surface area contributed by atoms with Gasteiger partial charge in [0.05, 0.1) is 0 Å². The van der Waals surface area contributed by atoms with Crippen LogP contribution in [0, 0.1) is 6.92 Å². The quantitative estimate of drug-likeness (QED) is 0.724. The molecule has 0 radical (unpaired) electrons. The van der Waals surface area contributed by atoms with Crippen molar-refractivity contribution in [3.8, 4) is 0 Å². The minimum atomic E-state index is -0.129. The van der Waals surface area contributed by atoms with Crippen molar-refractivity contribution in [2.75, 3.05) is 0 Å². The van der Waals surface area contributed by atoms with Crippen molar-refractivity contribution in [1.29, 1.82) is 0 Å². The van der Waals surface area contributed by atoms with Crippen LogP contribution >= 0.6 is 0 Å². The normalized spacial score (nSPS) is 10.2. The summed E-state index contributed by atoms with van der Waals surface area (Å²) in [6.07, 6.45) is 2.93. The summed E-state index contributed by atoms with van der Waals surface area (Å²) < 4.78 is 0. The third kappa shape index (κ3) is 2.15. The van der Waals surface area contributed by atoms with Crippen LogP contribution < -0.4 is 5.56 Å². The lowest BCUT2D eigenvalue weighted by molar-refractivity contribution is 0.715. The topological polar surface area (TPSA) is 58.6 Å². The van der Waals surface area contributed by atoms with Gasteiger partial charge in [0.2, 0.25) is 0 Å². The van der Waals surface area contributed by atoms with Crippen molar-refractivity contribution < 1.29 is 0 Å². The van der Waals surface area contributed by atoms with Crippen LogP contribution in [0.5, 0.6) is 0 Å². The van der Waals surface area contributed by atoms with Crippen LogP contribution in [0.25, 0.3) is 0 Å². The van der Waals surface area contributed by atoms with Gasteiger partial charge >= 0.3 is 0 Å². The average Bonchev–Trinajstić information content (AvgIpc) is 2.07. The molecule has 4 heteroatoms. The Kier molecular flexibility index (Phi) is 2.96. The lowest BCUT2D eigenvalue weighted by Crippen LogP contribution is -2.16. The molecule has 0 spiro atoms. The number of hydrogen-bond acceptors (Lipinski definition) is 3. The molecule has 0 atom stereocenters. The summed E-state index contributed by atoms with van der Waals surface area (Å²) in [6, 6.07) is 0. The Morgan fingerprint density at radius 3 is 2.75 bits per heavy atom. The van der Waals surface area contributed by atoms with Crippen molar-refractivity contribution in [3.63, 3.8) is 0 Å². The zero-order chi connectivity index (χ0) is 8.97. The number of hydrogen-bond donors (Lipinski definition) is 1. The number of nitrogens with zero attached hydrogens (tertiary/aromatic N) is 2. The SMILES string of the molecule is CCCCc1nnc(C)c(=O)[nH]1. The number of rotatable bonds is 3. The molecule has 1 rings (SSSR count). The monoisotopic (exact) mass is 167 g/mol. The van der Waals surface area contributed by atoms with Crippen LogP contribution in [-0.4, -0.2) is 15.2 Å². The number of unbranched alkanes of at least 4 members (excludes halogenated alkanes) is 1. The maximum atomic E-state index is 11.0. The Hall–Kier alpha value is -1.19. The first kappa shape index (κ1) is 8.90. The molecular formula is C8H13N3O. The fourth-order valence-corrected chi connectivity index (χ4v) is 0.884. The predicted molar refractivity (Wildman–Crippen MR) is 46.0 cm³/mol. The number of aromatic amines is 1. The molecule has 0 unspecified atom stereocenters. The highest BCUT2D eigenvalue weighted by Crippen LogP contribution is 1.94. The molecule has 0 aliphatic rings. The second-order valence-electron chi connectivity index (χ2n) is 2.79. The number of nitrogens with one attached hydrogen (secondary N) is 1. The van der Waals surface area contributed by atoms with Gasteiger partial charge in [-0.05, 0) is 13.3 Å². The van der Waals surface area contributed by atoms with Gasteiger partial charge in [0.15, 0.2) is 0 Å². The molecule has 0 aliphatic carbocycles. The summed E-state index contributed by atoms with van der Waals surface area (Å²) in [7, 11) is 0. The molecule has 0 fully saturated rings. The van der Waals surface area contributed by atoms with E-state index in [1.165, 1.54) is 0 Å². The molecule has 0 saturated carbocycles. The Balaban J connectivity index is 2.76. The smallest absolute Gasteiger partial charge is 0.272 e. The van der Waals surface area contributed by atoms with Crippen molar-refractivity contribution >= 4 is 0 Å². The molecule has 12 heavy (non-hydrogen) atoms. The second kappa shape index (κ2) is 3.99. The molecule has 0 bridgehead atoms. The van der Waals surface area contributed by atoms with E-state index >= 15 is 0 Å². The predicted octanol–water partition coefficient (Wildman–Crippen LogP) is 0.816. The molecule has 4 nitrogen and oxygen atoms in total. The minimum absolute atomic E-state index is 0.129. The summed E-state index contributed by atoms with van der Waals surface area (Å²) >= 11 is 0. The zero-order valence-corrected chi connectivity index (χ0v) is 7.42. The van der Waals surface area contributed by atoms with E-state index in [4.69, 9.17) is 0 Å². The largest absolute Gasteiger partial charge is 0.307 e. The molecule has 1 N–H and O–H groups in total. The van der Waals surface area contributed by atoms with Crippen molar-refractivity contribution in [2.45, 2.75) is 33.1 Å². The fraction of sp³-hybridized carbons (Fsp3) is 0.625. The first-order valence-corrected chi connectivity index (χ1v) is 4.16. The highest BCUT2D eigenvalue weighted by Gasteiger charge is 1.98. The number of aromatic nitrogens is 3. The van der Waals surface area contributed by atoms with Crippen LogP contribution in [0.2, 0.25) is 0 Å². The number of aryl methyl sites for hydroxylation is 2. The van der Waals surface area contributed by atoms with Gasteiger partial charge in [-0.1, -0.05) is 13.3 Å². The third-order valence-electron chi connectivity index (χ3n) is 1.67. The van der Waals surface area contributed by atoms with Gasteiger partial charge in [-0.3, -0.25) is 4.79 Å². The van der Waals surface area contributed by atoms with Gasteiger partial charge in [0.25, 0.3) is 5.56 Å². The summed E-state index contributed by atoms with van der Waals surface area (Å²) in [4.78, 5) is 13.7. The van der Waals surface area contributed by atoms with Gasteiger partial charge in [0.1, 0.15) is 11.5 Å². The van der Waals surface area contributed by atoms with E-state index in [1.54, 1.807) is 6.92 Å². The summed E-state index contributed by atoms with van der Waals surface area (Å²) in [6.45, 7) is 3.75. The van der Waals surface area contributed by atoms with Gasteiger partial charge in [-0.25, -0.2) is 0 Å². The second-order valence-corrected chi connectivity index (χ2v) is 2.79. The third-order valence-corrected chi connectivity index (χ3v) is 1.67. The van der Waals surface area contributed by atoms with Crippen molar-refractivity contribution in [1.82, 2.24) is 15.2 Å². The standard InChI is InChI=1S/C8H13N3O/c1-3-4-5-7-9-8(12)6(2)10-11-7/h3-5H2,1-2H3,(H,9,11,12). The molecule has 1 aromatic rings. The fourth-order valence-electron chi connectivity index (χ4n) is 0.884. The van der Waals surface area contributed by atoms with Crippen LogP contribution in [0.3, 0.4) is 0 Å². The minimum Gasteiger partial charge on any atom is -0.307 e. The van der Waals surface area contributed by atoms with E-state index in [9.17, 15) is 4.79 Å². The Morgan fingerprint density at radius 2 is 2.17 bits per heavy atom. The van der Waals surface area contributed by atoms with E-state index < -0.39 is 0 Å². The first-order chi connectivity index (χ1) is 5.74. The van der Waals surface area contributed by atoms with E-state index in [0.29, 0.717) is 11.5 Å². The zero-order valence-electron chi connectivity index (χ0n) is 7.42. The van der Waals surface area contributed by atoms with Crippen molar-refractivity contribution in [2.24, 2.45) is 0 Å². The van der Waals surface area contributed by atoms with E-state index in [1.807, 2.05) is 0 Å². The lowest BCUT2D eigenvalue weighted by atomic mass is 10.2. The van der Waals surface area contributed by atoms with Crippen LogP contribution in [-0.2, 0) is 6.42 Å². The van der Waals surface area contributed by atoms with Crippen LogP contribution in [0.1, 0.15) is 31.3 Å². The highest BCUT2D eigenvalue weighted by molar-refractivity contribution is 4.92. The highest BCUT2D eigenvalue weighted by atomic mass is 16.1. The maximum absolute atomic E-state index is 11.0. The first-order valence-electron chi connectivity index (χ1n) is 4.16. The van der Waals surface area contributed by atoms with E-state index in [-0.39, 0.29) is 5.56 Å². The van der Waals surface area contributed by atoms with Gasteiger partial charge in [0, 0.05) is 6.42 Å². The average molecular weight is 167 g/mol. The van der Waals surface area contributed by atoms with Gasteiger partial charge < -0.3 is 4.98 Å². The molecular weight excluding hydrogens is 154 g/mol. The Morgan fingerprint density at radius 1 is 1.42 bits per heavy atom. The van der Waals surface area contributed by atoms with Crippen LogP contribution in [0.15, 0.2) is 4.79 Å². The number of H-pyrrole nitrogens is 1. The molecule has 1 heterocycles. The van der Waals surface area contributed by atoms with Crippen LogP contribution in [0.4, 0.5) is 0 Å². The molecule has 1 aromatic heterocycles.